The third-order valence-corrected chi connectivity index (χ3v) is 9.56. The molecular weight excluding hydrogens is 592 g/mol. The van der Waals surface area contributed by atoms with Gasteiger partial charge >= 0.3 is 0 Å². The fraction of sp³-hybridized carbons (Fsp3) is 0.711. The largest absolute Gasteiger partial charge is 0.390 e. The van der Waals surface area contributed by atoms with E-state index in [2.05, 4.69) is 35.3 Å². The zero-order valence-electron chi connectivity index (χ0n) is 29.6. The minimum absolute atomic E-state index is 0.00334. The molecule has 4 N–H and O–H groups in total. The molecule has 1 fully saturated rings. The summed E-state index contributed by atoms with van der Waals surface area (Å²) < 4.78 is 0. The quantitative estimate of drug-likeness (QED) is 0.148. The predicted molar refractivity (Wildman–Crippen MR) is 188 cm³/mol. The van der Waals surface area contributed by atoms with E-state index in [-0.39, 0.29) is 37.0 Å². The van der Waals surface area contributed by atoms with Gasteiger partial charge in [-0.3, -0.25) is 14.4 Å². The van der Waals surface area contributed by atoms with Crippen molar-refractivity contribution in [3.63, 3.8) is 0 Å². The first-order chi connectivity index (χ1) is 22.5. The molecule has 1 aliphatic carbocycles. The number of likely N-dealkylation sites (N-methyl/N-ethyl adjacent to an activating group) is 2. The number of hydrogen-bond donors (Lipinski definition) is 4. The molecule has 0 radical (unpaired) electrons. The number of benzene rings is 1. The third kappa shape index (κ3) is 14.8. The molecule has 0 heterocycles. The average molecular weight is 655 g/mol. The third-order valence-electron chi connectivity index (χ3n) is 9.56. The minimum atomic E-state index is -1.14. The van der Waals surface area contributed by atoms with Crippen molar-refractivity contribution in [1.82, 2.24) is 20.4 Å². The van der Waals surface area contributed by atoms with Gasteiger partial charge in [-0.1, -0.05) is 90.1 Å². The standard InChI is InChI=1S/C38H62N4O5/c1-7-10-21-32(38(47)40-33(26-30-19-15-12-16-20-30)36(45)34(43)24-28(4)5)39-37(46)31(25-29-17-13-11-14-18-29)27-35(44)41(6)22-23-42(8-2)9-3/h1,11,13-14,17-18,28,30-34,36,43,45H,8-10,12,15-16,19-27H2,2-6H3,(H,39,46)(H,40,47)/t31?,32-,33?,34?,36+/m0/s1. The summed E-state index contributed by atoms with van der Waals surface area (Å²) in [6.07, 6.45) is 10.7. The molecule has 1 aromatic rings. The number of rotatable bonds is 21. The smallest absolute Gasteiger partial charge is 0.242 e. The molecule has 1 aromatic carbocycles. The van der Waals surface area contributed by atoms with E-state index in [1.165, 1.54) is 6.42 Å². The van der Waals surface area contributed by atoms with Crippen LogP contribution in [0.5, 0.6) is 0 Å². The Bertz CT molecular complexity index is 1100. The van der Waals surface area contributed by atoms with Gasteiger partial charge in [-0.15, -0.1) is 12.3 Å². The first-order valence-electron chi connectivity index (χ1n) is 17.9. The molecule has 0 bridgehead atoms. The van der Waals surface area contributed by atoms with Crippen LogP contribution in [0.1, 0.15) is 97.5 Å². The summed E-state index contributed by atoms with van der Waals surface area (Å²) in [5, 5.41) is 28.0. The molecule has 0 aliphatic heterocycles. The lowest BCUT2D eigenvalue weighted by Gasteiger charge is -2.34. The van der Waals surface area contributed by atoms with Gasteiger partial charge in [0.25, 0.3) is 0 Å². The molecule has 264 valence electrons. The minimum Gasteiger partial charge on any atom is -0.390 e. The van der Waals surface area contributed by atoms with Crippen molar-refractivity contribution in [1.29, 1.82) is 0 Å². The van der Waals surface area contributed by atoms with Crippen LogP contribution in [-0.4, -0.2) is 95.3 Å². The van der Waals surface area contributed by atoms with Crippen LogP contribution in [-0.2, 0) is 20.8 Å². The van der Waals surface area contributed by atoms with Gasteiger partial charge in [-0.25, -0.2) is 0 Å². The van der Waals surface area contributed by atoms with Gasteiger partial charge in [0.2, 0.25) is 17.7 Å². The van der Waals surface area contributed by atoms with Crippen molar-refractivity contribution in [3.8, 4) is 12.3 Å². The lowest BCUT2D eigenvalue weighted by molar-refractivity contribution is -0.137. The maximum Gasteiger partial charge on any atom is 0.242 e. The summed E-state index contributed by atoms with van der Waals surface area (Å²) in [6.45, 7) is 11.2. The maximum atomic E-state index is 13.9. The molecule has 1 aliphatic rings. The maximum absolute atomic E-state index is 13.9. The molecule has 9 heteroatoms. The number of terminal acetylenes is 1. The number of hydrogen-bond acceptors (Lipinski definition) is 6. The molecule has 3 unspecified atom stereocenters. The summed E-state index contributed by atoms with van der Waals surface area (Å²) >= 11 is 0. The Hall–Kier alpha value is -2.93. The van der Waals surface area contributed by atoms with Crippen molar-refractivity contribution in [2.75, 3.05) is 33.2 Å². The van der Waals surface area contributed by atoms with Gasteiger partial charge < -0.3 is 30.6 Å². The summed E-state index contributed by atoms with van der Waals surface area (Å²) in [6, 6.07) is 7.95. The number of carbonyl (C=O) groups is 3. The fourth-order valence-electron chi connectivity index (χ4n) is 6.50. The van der Waals surface area contributed by atoms with Crippen molar-refractivity contribution in [2.45, 2.75) is 123 Å². The molecule has 9 nitrogen and oxygen atoms in total. The van der Waals surface area contributed by atoms with E-state index in [1.807, 2.05) is 44.2 Å². The molecule has 2 rings (SSSR count). The average Bonchev–Trinajstić information content (AvgIpc) is 3.06. The van der Waals surface area contributed by atoms with Crippen LogP contribution in [0.25, 0.3) is 0 Å². The normalized spacial score (nSPS) is 16.9. The van der Waals surface area contributed by atoms with E-state index in [4.69, 9.17) is 6.42 Å². The molecular formula is C38H62N4O5. The molecule has 47 heavy (non-hydrogen) atoms. The first-order valence-corrected chi connectivity index (χ1v) is 17.9. The highest BCUT2D eigenvalue weighted by Crippen LogP contribution is 2.29. The Kier molecular flexibility index (Phi) is 18.7. The molecule has 0 aromatic heterocycles. The summed E-state index contributed by atoms with van der Waals surface area (Å²) in [5.74, 6) is 1.43. The van der Waals surface area contributed by atoms with Crippen LogP contribution in [0, 0.1) is 30.1 Å². The van der Waals surface area contributed by atoms with Crippen molar-refractivity contribution in [3.05, 3.63) is 35.9 Å². The Labute approximate surface area is 284 Å². The van der Waals surface area contributed by atoms with Crippen LogP contribution in [0.2, 0.25) is 0 Å². The number of carbonyl (C=O) groups excluding carboxylic acids is 3. The highest BCUT2D eigenvalue weighted by atomic mass is 16.3. The van der Waals surface area contributed by atoms with Crippen LogP contribution in [0.15, 0.2) is 30.3 Å². The number of amides is 3. The Morgan fingerprint density at radius 1 is 0.979 bits per heavy atom. The topological polar surface area (TPSA) is 122 Å². The lowest BCUT2D eigenvalue weighted by atomic mass is 9.82. The van der Waals surface area contributed by atoms with Crippen LogP contribution < -0.4 is 10.6 Å². The van der Waals surface area contributed by atoms with Gasteiger partial charge in [0.15, 0.2) is 0 Å². The highest BCUT2D eigenvalue weighted by molar-refractivity contribution is 5.91. The Morgan fingerprint density at radius 2 is 1.64 bits per heavy atom. The van der Waals surface area contributed by atoms with Crippen molar-refractivity contribution in [2.24, 2.45) is 17.8 Å². The van der Waals surface area contributed by atoms with E-state index in [0.717, 1.165) is 50.9 Å². The summed E-state index contributed by atoms with van der Waals surface area (Å²) in [5.41, 5.74) is 0.922. The van der Waals surface area contributed by atoms with Gasteiger partial charge in [0, 0.05) is 33.0 Å². The number of aliphatic hydroxyl groups excluding tert-OH is 2. The van der Waals surface area contributed by atoms with E-state index in [1.54, 1.807) is 11.9 Å². The fourth-order valence-corrected chi connectivity index (χ4v) is 6.50. The number of aliphatic hydroxyl groups is 2. The summed E-state index contributed by atoms with van der Waals surface area (Å²) in [7, 11) is 1.76. The second-order valence-corrected chi connectivity index (χ2v) is 13.8. The second-order valence-electron chi connectivity index (χ2n) is 13.8. The molecule has 5 atom stereocenters. The molecule has 0 spiro atoms. The predicted octanol–water partition coefficient (Wildman–Crippen LogP) is 4.16. The van der Waals surface area contributed by atoms with Gasteiger partial charge in [0.05, 0.1) is 18.1 Å². The Balaban J connectivity index is 2.24. The molecule has 0 saturated heterocycles. The van der Waals surface area contributed by atoms with Gasteiger partial charge in [-0.05, 0) is 56.2 Å². The van der Waals surface area contributed by atoms with E-state index in [9.17, 15) is 24.6 Å². The monoisotopic (exact) mass is 654 g/mol. The zero-order chi connectivity index (χ0) is 34.8. The highest BCUT2D eigenvalue weighted by Gasteiger charge is 2.34. The van der Waals surface area contributed by atoms with E-state index in [0.29, 0.717) is 31.7 Å². The van der Waals surface area contributed by atoms with Gasteiger partial charge in [-0.2, -0.15) is 0 Å². The number of nitrogens with one attached hydrogen (secondary N) is 2. The lowest BCUT2D eigenvalue weighted by Crippen LogP contribution is -2.56. The summed E-state index contributed by atoms with van der Waals surface area (Å²) in [4.78, 5) is 45.0. The molecule has 1 saturated carbocycles. The number of nitrogens with zero attached hydrogens (tertiary/aromatic N) is 2. The SMILES string of the molecule is C#CCC[C@H](NC(=O)C(CC(=O)N(C)CCN(CC)CC)Cc1ccccc1)C(=O)NC(CC1CCCCC1)[C@@H](O)C(O)CC(C)C. The zero-order valence-corrected chi connectivity index (χ0v) is 29.6. The Morgan fingerprint density at radius 3 is 2.23 bits per heavy atom. The van der Waals surface area contributed by atoms with Gasteiger partial charge in [0.1, 0.15) is 12.1 Å². The van der Waals surface area contributed by atoms with Crippen LogP contribution >= 0.6 is 0 Å². The van der Waals surface area contributed by atoms with Crippen LogP contribution in [0.3, 0.4) is 0 Å². The first kappa shape index (κ1) is 40.2. The second kappa shape index (κ2) is 21.8. The van der Waals surface area contributed by atoms with Crippen molar-refractivity contribution >= 4 is 17.7 Å². The van der Waals surface area contributed by atoms with Crippen molar-refractivity contribution < 1.29 is 24.6 Å². The van der Waals surface area contributed by atoms with Crippen LogP contribution in [0.4, 0.5) is 0 Å². The van der Waals surface area contributed by atoms with E-state index >= 15 is 0 Å². The molecule has 3 amide bonds. The van der Waals surface area contributed by atoms with E-state index < -0.39 is 36.1 Å².